The number of nitrogens with zero attached hydrogens (tertiary/aromatic N) is 2. The van der Waals surface area contributed by atoms with Crippen LogP contribution in [0.15, 0.2) is 72.8 Å². The summed E-state index contributed by atoms with van der Waals surface area (Å²) in [6, 6.07) is 24.7. The van der Waals surface area contributed by atoms with Gasteiger partial charge in [-0.15, -0.1) is 44.4 Å². The average Bonchev–Trinajstić information content (AvgIpc) is 3.75. The molecule has 1 heterocycles. The minimum absolute atomic E-state index is 0. The third-order valence-electron chi connectivity index (χ3n) is 8.89. The molecule has 5 rings (SSSR count). The smallest absolute Gasteiger partial charge is 0.496 e. The Kier molecular flexibility index (Phi) is 57.8. The van der Waals surface area contributed by atoms with Crippen molar-refractivity contribution in [2.24, 2.45) is 23.7 Å². The zero-order chi connectivity index (χ0) is 49.2. The van der Waals surface area contributed by atoms with E-state index in [9.17, 15) is 0 Å². The predicted molar refractivity (Wildman–Crippen MR) is 317 cm³/mol. The molecule has 1 saturated heterocycles. The zero-order valence-corrected chi connectivity index (χ0v) is 58.7. The van der Waals surface area contributed by atoms with Crippen molar-refractivity contribution in [3.05, 3.63) is 152 Å². The molecule has 4 nitrogen and oxygen atoms in total. The average molecular weight is 1100 g/mol. The Morgan fingerprint density at radius 2 is 0.735 bits per heavy atom. The number of anilines is 2. The van der Waals surface area contributed by atoms with Gasteiger partial charge in [0.2, 0.25) is 0 Å². The van der Waals surface area contributed by atoms with Crippen LogP contribution < -0.4 is 14.5 Å². The van der Waals surface area contributed by atoms with E-state index in [1.165, 1.54) is 29.8 Å². The molecule has 0 aromatic heterocycles. The van der Waals surface area contributed by atoms with Gasteiger partial charge < -0.3 is 67.7 Å². The summed E-state index contributed by atoms with van der Waals surface area (Å²) in [5.41, 5.74) is 5.91. The van der Waals surface area contributed by atoms with Gasteiger partial charge in [-0.05, 0) is 82.3 Å². The third-order valence-corrected chi connectivity index (χ3v) is 8.89. The summed E-state index contributed by atoms with van der Waals surface area (Å²) in [4.78, 5) is 4.12. The van der Waals surface area contributed by atoms with E-state index in [0.717, 1.165) is 53.8 Å². The van der Waals surface area contributed by atoms with E-state index in [-0.39, 0.29) is 99.8 Å². The maximum atomic E-state index is 5.52. The summed E-state index contributed by atoms with van der Waals surface area (Å²) in [6.45, 7) is 61.6. The molecule has 1 aliphatic carbocycles. The summed E-state index contributed by atoms with van der Waals surface area (Å²) >= 11 is 0. The number of ether oxygens (including phenoxy) is 2. The second-order valence-electron chi connectivity index (χ2n) is 22.3. The van der Waals surface area contributed by atoms with Crippen molar-refractivity contribution in [3.63, 3.8) is 0 Å². The summed E-state index contributed by atoms with van der Waals surface area (Å²) in [5, 5.41) is 0. The molecule has 1 radical (unpaired) electrons. The Hall–Kier alpha value is 0.238. The van der Waals surface area contributed by atoms with E-state index in [2.05, 4.69) is 192 Å². The molecule has 2 fully saturated rings. The molecule has 3 aromatic carbocycles. The molecule has 4 unspecified atom stereocenters. The topological polar surface area (TPSA) is 24.9 Å². The SMILES string of the molecule is C1CCOC1.COc1ccccc1C1C(C)C(C)C(C)C1C.[CH2-][Si](C)(C)C.[CH2-][Si](C)(C)C.[CH2-][Si](C)(C)C.[CH2-][Si](C)(C)C.[CH2-]c1ccccc1N(C)C.[CH2-]c1ccccc1N(C)C.[CH3-].[CH3-].[CH3-].[Sc+3].[Sc+3].[Sc]. The molecule has 1 aliphatic heterocycles. The van der Waals surface area contributed by atoms with E-state index in [1.807, 2.05) is 64.6 Å². The van der Waals surface area contributed by atoms with Gasteiger partial charge in [-0.3, -0.25) is 0 Å². The fraction of sp³-hybridized carbons (Fsp3) is 0.526. The first kappa shape index (κ1) is 87.9. The fourth-order valence-corrected chi connectivity index (χ4v) is 6.00. The maximum Gasteiger partial charge on any atom is 3.00 e. The Morgan fingerprint density at radius 3 is 0.941 bits per heavy atom. The number of hydrogen-bond acceptors (Lipinski definition) is 4. The minimum Gasteiger partial charge on any atom is -0.496 e. The summed E-state index contributed by atoms with van der Waals surface area (Å²) in [5.74, 6) is 4.74. The number of benzene rings is 3. The molecule has 0 amide bonds. The van der Waals surface area contributed by atoms with Crippen LogP contribution in [0.4, 0.5) is 11.4 Å². The van der Waals surface area contributed by atoms with E-state index < -0.39 is 32.3 Å². The quantitative estimate of drug-likeness (QED) is 0.192. The molecule has 387 valence electrons. The van der Waals surface area contributed by atoms with Gasteiger partial charge in [0, 0.05) is 39.1 Å². The molecule has 3 aromatic rings. The number of methoxy groups -OCH3 is 1. The van der Waals surface area contributed by atoms with Gasteiger partial charge >= 0.3 is 51.7 Å². The number of hydrogen-bond donors (Lipinski definition) is 0. The molecule has 1 saturated carbocycles. The molecule has 0 N–H and O–H groups in total. The van der Waals surface area contributed by atoms with Crippen LogP contribution >= 0.6 is 0 Å². The molecule has 68 heavy (non-hydrogen) atoms. The first-order chi connectivity index (χ1) is 28.0. The van der Waals surface area contributed by atoms with Gasteiger partial charge in [0.05, 0.1) is 7.11 Å². The van der Waals surface area contributed by atoms with Gasteiger partial charge in [0.1, 0.15) is 5.75 Å². The second-order valence-corrected chi connectivity index (χ2v) is 42.8. The predicted octanol–water partition coefficient (Wildman–Crippen LogP) is 17.1. The van der Waals surface area contributed by atoms with E-state index in [0.29, 0.717) is 5.92 Å². The van der Waals surface area contributed by atoms with Crippen molar-refractivity contribution in [2.75, 3.05) is 58.3 Å². The molecular formula is C57H109N2O2Sc3Si4-3. The van der Waals surface area contributed by atoms with Gasteiger partial charge in [0.15, 0.2) is 0 Å². The first-order valence-electron chi connectivity index (χ1n) is 22.8. The zero-order valence-electron chi connectivity index (χ0n) is 49.3. The Labute approximate surface area is 490 Å². The first-order valence-corrected chi connectivity index (χ1v) is 37.6. The summed E-state index contributed by atoms with van der Waals surface area (Å²) < 4.78 is 10.5. The van der Waals surface area contributed by atoms with Gasteiger partial charge in [0.25, 0.3) is 0 Å². The molecule has 0 spiro atoms. The van der Waals surface area contributed by atoms with E-state index in [4.69, 9.17) is 9.47 Å². The fourth-order valence-electron chi connectivity index (χ4n) is 6.00. The normalized spacial score (nSPS) is 17.3. The van der Waals surface area contributed by atoms with Crippen LogP contribution in [0, 0.1) is 86.0 Å². The number of para-hydroxylation sites is 3. The third kappa shape index (κ3) is 54.0. The van der Waals surface area contributed by atoms with Gasteiger partial charge in [-0.25, -0.2) is 0 Å². The van der Waals surface area contributed by atoms with Crippen LogP contribution in [-0.4, -0.2) is 80.8 Å². The molecule has 11 heteroatoms. The van der Waals surface area contributed by atoms with Crippen LogP contribution in [0.5, 0.6) is 5.75 Å². The van der Waals surface area contributed by atoms with Crippen LogP contribution in [-0.2, 0) is 82.3 Å². The number of rotatable bonds is 4. The van der Waals surface area contributed by atoms with Crippen molar-refractivity contribution in [3.8, 4) is 5.75 Å². The summed E-state index contributed by atoms with van der Waals surface area (Å²) in [6.07, 6.45) is 2.56. The Morgan fingerprint density at radius 1 is 0.485 bits per heavy atom. The second kappa shape index (κ2) is 44.7. The standard InChI is InChI=1S/C16H24O.2C9H12N.C4H8O.4C4H11Si.3CH3.3Sc/c1-10-11(2)13(4)16(12(10)3)14-8-6-7-9-15(14)17-5;2*1-8-6-4-5-7-9(8)10(2)3;1-2-4-5-3-1;4*1-5(2,3)4;;;;;;/h6-13,16H,1-5H3;2*4-7H,1H2,2-3H3;1-4H2;4*1H2,2-4H3;3*1H3;;;/q;2*-1;;7*-1;;2*+3. The van der Waals surface area contributed by atoms with Crippen molar-refractivity contribution >= 4 is 43.7 Å². The molecule has 0 bridgehead atoms. The van der Waals surface area contributed by atoms with Crippen LogP contribution in [0.3, 0.4) is 0 Å². The van der Waals surface area contributed by atoms with Gasteiger partial charge in [-0.2, -0.15) is 37.1 Å². The van der Waals surface area contributed by atoms with Crippen LogP contribution in [0.2, 0.25) is 78.6 Å². The monoisotopic (exact) mass is 1100 g/mol. The molecule has 4 atom stereocenters. The maximum absolute atomic E-state index is 5.52. The van der Waals surface area contributed by atoms with Crippen molar-refractivity contribution in [1.29, 1.82) is 0 Å². The Bertz CT molecular complexity index is 1420. The van der Waals surface area contributed by atoms with Crippen molar-refractivity contribution < 1.29 is 87.0 Å². The summed E-state index contributed by atoms with van der Waals surface area (Å²) in [7, 11) is 6.40. The molecular weight excluding hydrogens is 992 g/mol. The van der Waals surface area contributed by atoms with E-state index in [1.54, 1.807) is 7.11 Å². The Balaban J connectivity index is -0.0000000869. The van der Waals surface area contributed by atoms with Crippen molar-refractivity contribution in [1.82, 2.24) is 0 Å². The van der Waals surface area contributed by atoms with Crippen molar-refractivity contribution in [2.45, 2.75) is 125 Å². The molecule has 2 aliphatic rings. The largest absolute Gasteiger partial charge is 3.00 e. The van der Waals surface area contributed by atoms with E-state index >= 15 is 0 Å². The minimum atomic E-state index is -0.861. The van der Waals surface area contributed by atoms with Crippen LogP contribution in [0.1, 0.15) is 63.1 Å². The van der Waals surface area contributed by atoms with Gasteiger partial charge in [-0.1, -0.05) is 160 Å². The van der Waals surface area contributed by atoms with Crippen LogP contribution in [0.25, 0.3) is 0 Å².